The van der Waals surface area contributed by atoms with Crippen LogP contribution in [0.2, 0.25) is 0 Å². The second-order valence-corrected chi connectivity index (χ2v) is 33.4. The van der Waals surface area contributed by atoms with Gasteiger partial charge in [0.25, 0.3) is 0 Å². The maximum absolute atomic E-state index is 13.1. The van der Waals surface area contributed by atoms with Crippen molar-refractivity contribution in [1.82, 2.24) is 0 Å². The fourth-order valence-corrected chi connectivity index (χ4v) is 14.3. The fourth-order valence-electron chi connectivity index (χ4n) is 12.7. The van der Waals surface area contributed by atoms with E-state index in [1.807, 2.05) is 0 Å². The molecule has 0 aliphatic heterocycles. The topological polar surface area (TPSA) is 237 Å². The Morgan fingerprint density at radius 2 is 0.455 bits per heavy atom. The van der Waals surface area contributed by atoms with Crippen molar-refractivity contribution in [2.24, 2.45) is 11.8 Å². The summed E-state index contributed by atoms with van der Waals surface area (Å²) in [6.07, 6.45) is 64.0. The third-order valence-corrected chi connectivity index (χ3v) is 21.1. The zero-order valence-corrected chi connectivity index (χ0v) is 68.0. The second kappa shape index (κ2) is 73.6. The molecule has 3 N–H and O–H groups in total. The number of rotatable bonds is 81. The van der Waals surface area contributed by atoms with Crippen molar-refractivity contribution >= 4 is 39.5 Å². The molecule has 600 valence electrons. The van der Waals surface area contributed by atoms with Crippen LogP contribution >= 0.6 is 15.6 Å². The van der Waals surface area contributed by atoms with Crippen LogP contribution in [0.25, 0.3) is 0 Å². The van der Waals surface area contributed by atoms with Crippen molar-refractivity contribution in [3.8, 4) is 0 Å². The van der Waals surface area contributed by atoms with Gasteiger partial charge in [-0.1, -0.05) is 382 Å². The summed E-state index contributed by atoms with van der Waals surface area (Å²) in [6, 6.07) is 0. The number of hydrogen-bond donors (Lipinski definition) is 3. The number of esters is 4. The largest absolute Gasteiger partial charge is 0.472 e. The molecule has 0 aliphatic rings. The van der Waals surface area contributed by atoms with Crippen molar-refractivity contribution in [3.05, 3.63) is 0 Å². The van der Waals surface area contributed by atoms with Gasteiger partial charge in [0.2, 0.25) is 0 Å². The number of hydrogen-bond acceptors (Lipinski definition) is 15. The lowest BCUT2D eigenvalue weighted by atomic mass is 10.0. The predicted molar refractivity (Wildman–Crippen MR) is 414 cm³/mol. The molecule has 0 aliphatic carbocycles. The zero-order valence-electron chi connectivity index (χ0n) is 66.2. The minimum absolute atomic E-state index is 0.108. The molecule has 0 radical (unpaired) electrons. The number of carbonyl (C=O) groups excluding carboxylic acids is 4. The zero-order chi connectivity index (χ0) is 74.2. The van der Waals surface area contributed by atoms with Crippen LogP contribution < -0.4 is 0 Å². The van der Waals surface area contributed by atoms with Gasteiger partial charge < -0.3 is 33.8 Å². The van der Waals surface area contributed by atoms with Crippen molar-refractivity contribution in [2.75, 3.05) is 39.6 Å². The number of carbonyl (C=O) groups is 4. The lowest BCUT2D eigenvalue weighted by molar-refractivity contribution is -0.161. The first-order valence-electron chi connectivity index (χ1n) is 42.5. The Bertz CT molecular complexity index is 1940. The highest BCUT2D eigenvalue weighted by atomic mass is 31.2. The summed E-state index contributed by atoms with van der Waals surface area (Å²) >= 11 is 0. The van der Waals surface area contributed by atoms with E-state index in [1.165, 1.54) is 244 Å². The second-order valence-electron chi connectivity index (χ2n) is 30.5. The number of aliphatic hydroxyl groups is 1. The highest BCUT2D eigenvalue weighted by molar-refractivity contribution is 7.47. The highest BCUT2D eigenvalue weighted by Crippen LogP contribution is 2.45. The maximum Gasteiger partial charge on any atom is 0.472 e. The van der Waals surface area contributed by atoms with Gasteiger partial charge in [-0.05, 0) is 37.5 Å². The number of ether oxygens (including phenoxy) is 4. The van der Waals surface area contributed by atoms with E-state index in [0.29, 0.717) is 31.6 Å². The number of aliphatic hydroxyl groups excluding tert-OH is 1. The van der Waals surface area contributed by atoms with E-state index >= 15 is 0 Å². The SMILES string of the molecule is CCCCCCCCCCCCCCCCCCCC(=O)OC[C@H](COP(=O)(O)OC[C@@H](O)COP(=O)(O)OC[C@@H](COC(=O)CCCCCCCCC(C)C)OC(=O)CCCCCCCCCCCCCCCCCCC)OC(=O)CCCCCCCCCCCCCCCCCC(C)C. The summed E-state index contributed by atoms with van der Waals surface area (Å²) in [7, 11) is -9.92. The summed E-state index contributed by atoms with van der Waals surface area (Å²) in [6.45, 7) is 9.59. The van der Waals surface area contributed by atoms with E-state index < -0.39 is 97.5 Å². The summed E-state index contributed by atoms with van der Waals surface area (Å²) in [5.41, 5.74) is 0. The monoisotopic (exact) mass is 1480 g/mol. The van der Waals surface area contributed by atoms with E-state index in [1.54, 1.807) is 0 Å². The Labute approximate surface area is 619 Å². The summed E-state index contributed by atoms with van der Waals surface area (Å²) in [5.74, 6) is -0.626. The van der Waals surface area contributed by atoms with Gasteiger partial charge in [0, 0.05) is 25.7 Å². The van der Waals surface area contributed by atoms with E-state index in [4.69, 9.17) is 37.0 Å². The summed E-state index contributed by atoms with van der Waals surface area (Å²) in [4.78, 5) is 73.0. The number of phosphoric ester groups is 2. The van der Waals surface area contributed by atoms with Gasteiger partial charge in [0.1, 0.15) is 19.3 Å². The summed E-state index contributed by atoms with van der Waals surface area (Å²) < 4.78 is 68.7. The normalized spacial score (nSPS) is 13.9. The molecule has 0 spiro atoms. The molecule has 2 unspecified atom stereocenters. The summed E-state index contributed by atoms with van der Waals surface area (Å²) in [5, 5.41) is 10.6. The molecule has 0 rings (SSSR count). The van der Waals surface area contributed by atoms with Crippen molar-refractivity contribution < 1.29 is 80.2 Å². The van der Waals surface area contributed by atoms with Gasteiger partial charge in [-0.15, -0.1) is 0 Å². The molecule has 0 bridgehead atoms. The van der Waals surface area contributed by atoms with Crippen LogP contribution in [-0.2, 0) is 65.4 Å². The quantitative estimate of drug-likeness (QED) is 0.0222. The van der Waals surface area contributed by atoms with E-state index in [9.17, 15) is 43.2 Å². The van der Waals surface area contributed by atoms with Gasteiger partial charge in [-0.2, -0.15) is 0 Å². The minimum atomic E-state index is -4.96. The molecule has 0 aromatic heterocycles. The third-order valence-electron chi connectivity index (χ3n) is 19.2. The molecular formula is C82H160O17P2. The molecule has 0 aromatic rings. The van der Waals surface area contributed by atoms with Gasteiger partial charge in [0.05, 0.1) is 26.4 Å². The molecule has 0 heterocycles. The molecule has 0 saturated heterocycles. The average molecular weight is 1480 g/mol. The minimum Gasteiger partial charge on any atom is -0.462 e. The van der Waals surface area contributed by atoms with E-state index in [0.717, 1.165) is 102 Å². The van der Waals surface area contributed by atoms with Gasteiger partial charge in [-0.3, -0.25) is 37.3 Å². The first-order valence-corrected chi connectivity index (χ1v) is 45.5. The molecule has 19 heteroatoms. The first kappa shape index (κ1) is 99.1. The van der Waals surface area contributed by atoms with Crippen LogP contribution in [0.15, 0.2) is 0 Å². The molecule has 0 amide bonds. The van der Waals surface area contributed by atoms with Crippen LogP contribution in [0.1, 0.15) is 433 Å². The molecule has 5 atom stereocenters. The van der Waals surface area contributed by atoms with Gasteiger partial charge >= 0.3 is 39.5 Å². The van der Waals surface area contributed by atoms with Crippen LogP contribution in [0.4, 0.5) is 0 Å². The van der Waals surface area contributed by atoms with Crippen LogP contribution in [0, 0.1) is 11.8 Å². The Balaban J connectivity index is 5.22. The van der Waals surface area contributed by atoms with Crippen LogP contribution in [0.3, 0.4) is 0 Å². The molecular weight excluding hydrogens is 1320 g/mol. The highest BCUT2D eigenvalue weighted by Gasteiger charge is 2.30. The lowest BCUT2D eigenvalue weighted by Gasteiger charge is -2.21. The standard InChI is InChI=1S/C82H160O17P2/c1-7-9-11-13-15-17-19-21-23-25-29-33-37-41-45-52-58-64-79(84)92-70-77(98-81(86)66-61-55-47-43-39-35-31-27-28-32-36-40-44-50-56-62-74(3)4)72-96-100(88,89)94-68-76(83)69-95-101(90,91)97-73-78(71-93-80(85)65-59-53-49-48-51-57-63-75(5)6)99-82(87)67-60-54-46-42-38-34-30-26-24-22-20-18-16-14-12-10-8-2/h74-78,83H,7-73H2,1-6H3,(H,88,89)(H,90,91)/t76-,77-,78-/m1/s1. The third kappa shape index (κ3) is 76.1. The maximum atomic E-state index is 13.1. The molecule has 101 heavy (non-hydrogen) atoms. The van der Waals surface area contributed by atoms with Crippen molar-refractivity contribution in [2.45, 2.75) is 452 Å². The van der Waals surface area contributed by atoms with Crippen molar-refractivity contribution in [1.29, 1.82) is 0 Å². The number of phosphoric acid groups is 2. The molecule has 0 saturated carbocycles. The Morgan fingerprint density at radius 1 is 0.267 bits per heavy atom. The first-order chi connectivity index (χ1) is 48.9. The lowest BCUT2D eigenvalue weighted by Crippen LogP contribution is -2.30. The van der Waals surface area contributed by atoms with E-state index in [-0.39, 0.29) is 25.7 Å². The van der Waals surface area contributed by atoms with E-state index in [2.05, 4.69) is 41.5 Å². The Kier molecular flexibility index (Phi) is 72.2. The number of unbranched alkanes of at least 4 members (excludes halogenated alkanes) is 51. The van der Waals surface area contributed by atoms with Crippen LogP contribution in [-0.4, -0.2) is 96.7 Å². The molecule has 0 fully saturated rings. The van der Waals surface area contributed by atoms with Gasteiger partial charge in [-0.25, -0.2) is 9.13 Å². The molecule has 17 nitrogen and oxygen atoms in total. The fraction of sp³-hybridized carbons (Fsp3) is 0.951. The predicted octanol–water partition coefficient (Wildman–Crippen LogP) is 24.7. The van der Waals surface area contributed by atoms with Crippen LogP contribution in [0.5, 0.6) is 0 Å². The Hall–Kier alpha value is -1.94. The Morgan fingerprint density at radius 3 is 0.673 bits per heavy atom. The average Bonchev–Trinajstić information content (AvgIpc) is 0.951. The smallest absolute Gasteiger partial charge is 0.462 e. The van der Waals surface area contributed by atoms with Crippen molar-refractivity contribution in [3.63, 3.8) is 0 Å². The molecule has 0 aromatic carbocycles. The van der Waals surface area contributed by atoms with Gasteiger partial charge in [0.15, 0.2) is 12.2 Å².